The maximum absolute atomic E-state index is 12.6. The van der Waals surface area contributed by atoms with Gasteiger partial charge in [0.2, 0.25) is 5.60 Å². The number of hydrogen-bond acceptors (Lipinski definition) is 3. The molecule has 1 heterocycles. The van der Waals surface area contributed by atoms with Crippen molar-refractivity contribution >= 4 is 23.1 Å². The van der Waals surface area contributed by atoms with Crippen molar-refractivity contribution in [2.24, 2.45) is 0 Å². The highest BCUT2D eigenvalue weighted by atomic mass is 35.5. The van der Waals surface area contributed by atoms with Crippen LogP contribution in [-0.4, -0.2) is 19.7 Å². The topological polar surface area (TPSA) is 35.5 Å². The smallest absolute Gasteiger partial charge is 0.347 e. The molecule has 0 aromatic heterocycles. The van der Waals surface area contributed by atoms with Gasteiger partial charge in [0.1, 0.15) is 0 Å². The molecule has 3 nitrogen and oxygen atoms in total. The van der Waals surface area contributed by atoms with E-state index in [-0.39, 0.29) is 0 Å². The van der Waals surface area contributed by atoms with Crippen LogP contribution in [0, 0.1) is 0 Å². The Morgan fingerprint density at radius 3 is 2.45 bits per heavy atom. The van der Waals surface area contributed by atoms with Gasteiger partial charge in [-0.05, 0) is 23.3 Å². The Balaban J connectivity index is 2.17. The molecule has 1 aliphatic heterocycles. The molecule has 0 radical (unpaired) electrons. The molecule has 0 amide bonds. The first-order valence-electron chi connectivity index (χ1n) is 6.93. The number of benzene rings is 2. The molecule has 1 aliphatic rings. The molecule has 3 rings (SSSR count). The molecule has 0 bridgehead atoms. The number of carbonyl (C=O) groups is 1. The summed E-state index contributed by atoms with van der Waals surface area (Å²) in [5.74, 6) is -0.442. The third kappa shape index (κ3) is 2.32. The lowest BCUT2D eigenvalue weighted by Crippen LogP contribution is -2.38. The molecule has 2 aromatic carbocycles. The van der Waals surface area contributed by atoms with Gasteiger partial charge in [0.15, 0.2) is 0 Å². The SMILES string of the molecule is COC(=O)C1(c2ccc(Cl)cc2)OCC=C1c1ccccc1. The van der Waals surface area contributed by atoms with Gasteiger partial charge in [-0.2, -0.15) is 0 Å². The molecule has 1 unspecified atom stereocenters. The second-order valence-corrected chi connectivity index (χ2v) is 5.41. The molecule has 1 atom stereocenters. The Hall–Kier alpha value is -2.10. The van der Waals surface area contributed by atoms with Crippen molar-refractivity contribution in [1.82, 2.24) is 0 Å². The summed E-state index contributed by atoms with van der Waals surface area (Å²) in [6.07, 6.45) is 1.92. The summed E-state index contributed by atoms with van der Waals surface area (Å²) >= 11 is 5.96. The van der Waals surface area contributed by atoms with Crippen LogP contribution in [0.4, 0.5) is 0 Å². The molecule has 112 valence electrons. The first kappa shape index (κ1) is 14.8. The standard InChI is InChI=1S/C18H15ClO3/c1-21-17(20)18(14-7-9-15(19)10-8-14)16(11-12-22-18)13-5-3-2-4-6-13/h2-11H,12H2,1H3. The number of hydrogen-bond donors (Lipinski definition) is 0. The van der Waals surface area contributed by atoms with Gasteiger partial charge in [-0.25, -0.2) is 4.79 Å². The molecule has 4 heteroatoms. The van der Waals surface area contributed by atoms with Crippen LogP contribution < -0.4 is 0 Å². The van der Waals surface area contributed by atoms with Crippen LogP contribution in [0.25, 0.3) is 5.57 Å². The van der Waals surface area contributed by atoms with Crippen molar-refractivity contribution in [2.75, 3.05) is 13.7 Å². The average molecular weight is 315 g/mol. The zero-order valence-electron chi connectivity index (χ0n) is 12.1. The van der Waals surface area contributed by atoms with E-state index in [0.29, 0.717) is 17.2 Å². The van der Waals surface area contributed by atoms with Crippen molar-refractivity contribution in [1.29, 1.82) is 0 Å². The zero-order valence-corrected chi connectivity index (χ0v) is 12.8. The number of esters is 1. The summed E-state index contributed by atoms with van der Waals surface area (Å²) in [6.45, 7) is 0.349. The predicted molar refractivity (Wildman–Crippen MR) is 85.5 cm³/mol. The fraction of sp³-hybridized carbons (Fsp3) is 0.167. The third-order valence-corrected chi connectivity index (χ3v) is 4.03. The molecule has 0 saturated heterocycles. The van der Waals surface area contributed by atoms with Gasteiger partial charge in [-0.3, -0.25) is 0 Å². The largest absolute Gasteiger partial charge is 0.466 e. The van der Waals surface area contributed by atoms with Crippen molar-refractivity contribution in [2.45, 2.75) is 5.60 Å². The summed E-state index contributed by atoms with van der Waals surface area (Å²) in [4.78, 5) is 12.6. The Morgan fingerprint density at radius 2 is 1.82 bits per heavy atom. The van der Waals surface area contributed by atoms with E-state index in [0.717, 1.165) is 11.1 Å². The predicted octanol–water partition coefficient (Wildman–Crippen LogP) is 3.82. The highest BCUT2D eigenvalue weighted by Crippen LogP contribution is 2.44. The Kier molecular flexibility index (Phi) is 4.01. The summed E-state index contributed by atoms with van der Waals surface area (Å²) in [7, 11) is 1.37. The maximum atomic E-state index is 12.6. The van der Waals surface area contributed by atoms with Gasteiger partial charge in [0.25, 0.3) is 0 Å². The molecule has 0 spiro atoms. The fourth-order valence-corrected chi connectivity index (χ4v) is 2.89. The van der Waals surface area contributed by atoms with Gasteiger partial charge in [0.05, 0.1) is 13.7 Å². The van der Waals surface area contributed by atoms with E-state index in [1.165, 1.54) is 7.11 Å². The van der Waals surface area contributed by atoms with E-state index in [1.54, 1.807) is 24.3 Å². The fourth-order valence-electron chi connectivity index (χ4n) is 2.76. The van der Waals surface area contributed by atoms with Gasteiger partial charge < -0.3 is 9.47 Å². The quantitative estimate of drug-likeness (QED) is 0.808. The van der Waals surface area contributed by atoms with Crippen LogP contribution in [0.15, 0.2) is 60.7 Å². The average Bonchev–Trinajstić information content (AvgIpc) is 3.01. The molecule has 0 N–H and O–H groups in total. The van der Waals surface area contributed by atoms with E-state index in [2.05, 4.69) is 0 Å². The lowest BCUT2D eigenvalue weighted by molar-refractivity contribution is -0.160. The summed E-state index contributed by atoms with van der Waals surface area (Å²) in [5.41, 5.74) is 1.18. The van der Waals surface area contributed by atoms with Crippen molar-refractivity contribution in [3.05, 3.63) is 76.8 Å². The normalized spacial score (nSPS) is 20.5. The number of ether oxygens (including phenoxy) is 2. The van der Waals surface area contributed by atoms with E-state index in [9.17, 15) is 4.79 Å². The van der Waals surface area contributed by atoms with Crippen LogP contribution in [0.2, 0.25) is 5.02 Å². The Bertz CT molecular complexity index is 707. The second-order valence-electron chi connectivity index (χ2n) is 4.97. The summed E-state index contributed by atoms with van der Waals surface area (Å²) < 4.78 is 10.9. The molecule has 0 fully saturated rings. The number of rotatable bonds is 3. The number of carbonyl (C=O) groups excluding carboxylic acids is 1. The minimum Gasteiger partial charge on any atom is -0.466 e. The first-order valence-corrected chi connectivity index (χ1v) is 7.31. The van der Waals surface area contributed by atoms with Crippen LogP contribution in [0.3, 0.4) is 0 Å². The van der Waals surface area contributed by atoms with Crippen molar-refractivity contribution < 1.29 is 14.3 Å². The molecule has 22 heavy (non-hydrogen) atoms. The molecule has 0 aliphatic carbocycles. The Morgan fingerprint density at radius 1 is 1.14 bits per heavy atom. The van der Waals surface area contributed by atoms with Crippen molar-refractivity contribution in [3.8, 4) is 0 Å². The summed E-state index contributed by atoms with van der Waals surface area (Å²) in [6, 6.07) is 16.8. The molecule has 0 saturated carbocycles. The highest BCUT2D eigenvalue weighted by Gasteiger charge is 2.49. The van der Waals surface area contributed by atoms with E-state index >= 15 is 0 Å². The number of halogens is 1. The second kappa shape index (κ2) is 5.95. The van der Waals surface area contributed by atoms with E-state index in [4.69, 9.17) is 21.1 Å². The monoisotopic (exact) mass is 314 g/mol. The van der Waals surface area contributed by atoms with Crippen LogP contribution in [-0.2, 0) is 19.9 Å². The van der Waals surface area contributed by atoms with Crippen LogP contribution in [0.5, 0.6) is 0 Å². The maximum Gasteiger partial charge on any atom is 0.347 e. The third-order valence-electron chi connectivity index (χ3n) is 3.77. The van der Waals surface area contributed by atoms with Gasteiger partial charge in [-0.15, -0.1) is 0 Å². The molecular formula is C18H15ClO3. The van der Waals surface area contributed by atoms with Crippen LogP contribution >= 0.6 is 11.6 Å². The van der Waals surface area contributed by atoms with Gasteiger partial charge in [-0.1, -0.05) is 60.1 Å². The lowest BCUT2D eigenvalue weighted by Gasteiger charge is -2.29. The minimum atomic E-state index is -1.25. The van der Waals surface area contributed by atoms with E-state index in [1.807, 2.05) is 36.4 Å². The summed E-state index contributed by atoms with van der Waals surface area (Å²) in [5, 5.41) is 0.604. The van der Waals surface area contributed by atoms with Crippen LogP contribution in [0.1, 0.15) is 11.1 Å². The van der Waals surface area contributed by atoms with E-state index < -0.39 is 11.6 Å². The molecule has 2 aromatic rings. The highest BCUT2D eigenvalue weighted by molar-refractivity contribution is 6.30. The van der Waals surface area contributed by atoms with Gasteiger partial charge in [0, 0.05) is 10.6 Å². The first-order chi connectivity index (χ1) is 10.7. The lowest BCUT2D eigenvalue weighted by atomic mass is 9.83. The number of methoxy groups -OCH3 is 1. The minimum absolute atomic E-state index is 0.349. The zero-order chi connectivity index (χ0) is 15.6. The van der Waals surface area contributed by atoms with Gasteiger partial charge >= 0.3 is 5.97 Å². The van der Waals surface area contributed by atoms with Crippen molar-refractivity contribution in [3.63, 3.8) is 0 Å². The Labute approximate surface area is 134 Å². The molecular weight excluding hydrogens is 300 g/mol.